The molecule has 0 N–H and O–H groups in total. The van der Waals surface area contributed by atoms with Crippen LogP contribution in [-0.4, -0.2) is 49.2 Å². The monoisotopic (exact) mass is 369 g/mol. The number of para-hydroxylation sites is 1. The maximum atomic E-state index is 14.1. The first kappa shape index (κ1) is 18.0. The third kappa shape index (κ3) is 3.99. The largest absolute Gasteiger partial charge is 0.366 e. The molecule has 144 valence electrons. The lowest BCUT2D eigenvalue weighted by atomic mass is 10.00. The van der Waals surface area contributed by atoms with Gasteiger partial charge in [0.05, 0.1) is 5.69 Å². The molecular formula is C21H28FN5. The molecule has 0 bridgehead atoms. The number of anilines is 3. The first-order valence-corrected chi connectivity index (χ1v) is 9.95. The zero-order chi connectivity index (χ0) is 18.8. The van der Waals surface area contributed by atoms with E-state index in [0.717, 1.165) is 62.6 Å². The number of aromatic nitrogens is 2. The first-order chi connectivity index (χ1) is 13.1. The smallest absolute Gasteiger partial charge is 0.227 e. The summed E-state index contributed by atoms with van der Waals surface area (Å²) in [4.78, 5) is 16.3. The summed E-state index contributed by atoms with van der Waals surface area (Å²) in [6, 6.07) is 9.08. The maximum absolute atomic E-state index is 14.1. The summed E-state index contributed by atoms with van der Waals surface area (Å²) in [6.07, 6.45) is 2.40. The highest BCUT2D eigenvalue weighted by Gasteiger charge is 2.23. The van der Waals surface area contributed by atoms with Crippen molar-refractivity contribution in [3.63, 3.8) is 0 Å². The number of piperazine rings is 1. The second-order valence-electron chi connectivity index (χ2n) is 7.76. The Balaban J connectivity index is 1.46. The van der Waals surface area contributed by atoms with E-state index in [9.17, 15) is 4.39 Å². The number of aryl methyl sites for hydroxylation is 1. The van der Waals surface area contributed by atoms with Crippen LogP contribution in [-0.2, 0) is 0 Å². The van der Waals surface area contributed by atoms with Gasteiger partial charge in [-0.3, -0.25) is 0 Å². The zero-order valence-corrected chi connectivity index (χ0v) is 16.2. The van der Waals surface area contributed by atoms with Gasteiger partial charge in [0.15, 0.2) is 0 Å². The summed E-state index contributed by atoms with van der Waals surface area (Å²) in [5, 5.41) is 0. The molecule has 0 unspecified atom stereocenters. The summed E-state index contributed by atoms with van der Waals surface area (Å²) >= 11 is 0. The van der Waals surface area contributed by atoms with E-state index in [1.807, 2.05) is 19.1 Å². The second kappa shape index (κ2) is 7.71. The molecule has 2 fully saturated rings. The van der Waals surface area contributed by atoms with Crippen LogP contribution in [0.1, 0.15) is 25.5 Å². The lowest BCUT2D eigenvalue weighted by Gasteiger charge is -2.37. The molecule has 2 aliphatic rings. The highest BCUT2D eigenvalue weighted by atomic mass is 19.1. The molecule has 0 aliphatic carbocycles. The second-order valence-corrected chi connectivity index (χ2v) is 7.76. The van der Waals surface area contributed by atoms with Crippen LogP contribution in [0.5, 0.6) is 0 Å². The van der Waals surface area contributed by atoms with Gasteiger partial charge in [-0.05, 0) is 37.8 Å². The molecule has 27 heavy (non-hydrogen) atoms. The SMILES string of the molecule is Cc1cc(N2CCN(c3ccccc3F)CC2)nc(N2CCC(C)CC2)n1. The molecule has 2 saturated heterocycles. The van der Waals surface area contributed by atoms with Crippen molar-refractivity contribution in [1.82, 2.24) is 9.97 Å². The standard InChI is InChI=1S/C21H28FN5/c1-16-7-9-27(10-8-16)21-23-17(2)15-20(24-21)26-13-11-25(12-14-26)19-6-4-3-5-18(19)22/h3-6,15-16H,7-14H2,1-2H3. The fourth-order valence-corrected chi connectivity index (χ4v) is 3.93. The minimum atomic E-state index is -0.148. The van der Waals surface area contributed by atoms with E-state index in [-0.39, 0.29) is 5.82 Å². The molecule has 0 atom stereocenters. The van der Waals surface area contributed by atoms with Gasteiger partial charge in [-0.1, -0.05) is 19.1 Å². The van der Waals surface area contributed by atoms with E-state index in [0.29, 0.717) is 5.69 Å². The Morgan fingerprint density at radius 3 is 2.26 bits per heavy atom. The van der Waals surface area contributed by atoms with E-state index in [1.165, 1.54) is 18.9 Å². The van der Waals surface area contributed by atoms with Crippen LogP contribution in [0.2, 0.25) is 0 Å². The molecule has 4 rings (SSSR count). The van der Waals surface area contributed by atoms with Crippen LogP contribution in [0.15, 0.2) is 30.3 Å². The normalized spacial score (nSPS) is 18.9. The molecule has 6 heteroatoms. The van der Waals surface area contributed by atoms with Gasteiger partial charge in [0, 0.05) is 51.0 Å². The molecule has 0 amide bonds. The Kier molecular flexibility index (Phi) is 5.14. The highest BCUT2D eigenvalue weighted by Crippen LogP contribution is 2.25. The lowest BCUT2D eigenvalue weighted by molar-refractivity contribution is 0.434. The molecular weight excluding hydrogens is 341 g/mol. The summed E-state index contributed by atoms with van der Waals surface area (Å²) < 4.78 is 14.1. The van der Waals surface area contributed by atoms with Gasteiger partial charge in [0.25, 0.3) is 0 Å². The van der Waals surface area contributed by atoms with Crippen LogP contribution >= 0.6 is 0 Å². The van der Waals surface area contributed by atoms with Gasteiger partial charge in [0.1, 0.15) is 11.6 Å². The third-order valence-corrected chi connectivity index (χ3v) is 5.69. The van der Waals surface area contributed by atoms with Crippen molar-refractivity contribution >= 4 is 17.5 Å². The average Bonchev–Trinajstić information content (AvgIpc) is 2.69. The van der Waals surface area contributed by atoms with E-state index in [2.05, 4.69) is 32.7 Å². The van der Waals surface area contributed by atoms with Gasteiger partial charge in [-0.25, -0.2) is 9.37 Å². The first-order valence-electron chi connectivity index (χ1n) is 9.95. The number of hydrogen-bond acceptors (Lipinski definition) is 5. The van der Waals surface area contributed by atoms with Gasteiger partial charge < -0.3 is 14.7 Å². The van der Waals surface area contributed by atoms with Crippen molar-refractivity contribution < 1.29 is 4.39 Å². The Labute approximate surface area is 160 Å². The Morgan fingerprint density at radius 2 is 1.56 bits per heavy atom. The van der Waals surface area contributed by atoms with Crippen molar-refractivity contribution in [3.8, 4) is 0 Å². The van der Waals surface area contributed by atoms with Crippen molar-refractivity contribution in [2.24, 2.45) is 5.92 Å². The predicted molar refractivity (Wildman–Crippen MR) is 108 cm³/mol. The van der Waals surface area contributed by atoms with Crippen molar-refractivity contribution in [2.75, 3.05) is 54.0 Å². The van der Waals surface area contributed by atoms with Crippen molar-refractivity contribution in [3.05, 3.63) is 41.8 Å². The van der Waals surface area contributed by atoms with E-state index in [1.54, 1.807) is 6.07 Å². The quantitative estimate of drug-likeness (QED) is 0.828. The number of nitrogens with zero attached hydrogens (tertiary/aromatic N) is 5. The lowest BCUT2D eigenvalue weighted by Crippen LogP contribution is -2.47. The minimum Gasteiger partial charge on any atom is -0.366 e. The molecule has 5 nitrogen and oxygen atoms in total. The van der Waals surface area contributed by atoms with Crippen molar-refractivity contribution in [1.29, 1.82) is 0 Å². The highest BCUT2D eigenvalue weighted by molar-refractivity contribution is 5.51. The molecule has 0 spiro atoms. The number of hydrogen-bond donors (Lipinski definition) is 0. The zero-order valence-electron chi connectivity index (χ0n) is 16.2. The molecule has 0 radical (unpaired) electrons. The third-order valence-electron chi connectivity index (χ3n) is 5.69. The van der Waals surface area contributed by atoms with Crippen molar-refractivity contribution in [2.45, 2.75) is 26.7 Å². The van der Waals surface area contributed by atoms with Gasteiger partial charge in [0.2, 0.25) is 5.95 Å². The summed E-state index contributed by atoms with van der Waals surface area (Å²) in [5.74, 6) is 2.49. The number of benzene rings is 1. The minimum absolute atomic E-state index is 0.148. The van der Waals surface area contributed by atoms with E-state index in [4.69, 9.17) is 4.98 Å². The van der Waals surface area contributed by atoms with E-state index >= 15 is 0 Å². The summed E-state index contributed by atoms with van der Waals surface area (Å²) in [5.41, 5.74) is 1.70. The van der Waals surface area contributed by atoms with Crippen LogP contribution < -0.4 is 14.7 Å². The van der Waals surface area contributed by atoms with Crippen LogP contribution in [0.4, 0.5) is 21.8 Å². The van der Waals surface area contributed by atoms with Crippen LogP contribution in [0.3, 0.4) is 0 Å². The van der Waals surface area contributed by atoms with Gasteiger partial charge in [-0.2, -0.15) is 4.98 Å². The van der Waals surface area contributed by atoms with Crippen LogP contribution in [0.25, 0.3) is 0 Å². The predicted octanol–water partition coefficient (Wildman–Crippen LogP) is 3.49. The molecule has 3 heterocycles. The Bertz CT molecular complexity index is 780. The fraction of sp³-hybridized carbons (Fsp3) is 0.524. The summed E-state index contributed by atoms with van der Waals surface area (Å²) in [7, 11) is 0. The molecule has 1 aromatic heterocycles. The average molecular weight is 369 g/mol. The van der Waals surface area contributed by atoms with Crippen LogP contribution in [0, 0.1) is 18.7 Å². The topological polar surface area (TPSA) is 35.5 Å². The Hall–Kier alpha value is -2.37. The fourth-order valence-electron chi connectivity index (χ4n) is 3.93. The van der Waals surface area contributed by atoms with E-state index < -0.39 is 0 Å². The molecule has 1 aromatic carbocycles. The number of piperidine rings is 1. The summed E-state index contributed by atoms with van der Waals surface area (Å²) in [6.45, 7) is 9.67. The van der Waals surface area contributed by atoms with Gasteiger partial charge >= 0.3 is 0 Å². The number of halogens is 1. The Morgan fingerprint density at radius 1 is 0.889 bits per heavy atom. The molecule has 0 saturated carbocycles. The molecule has 2 aliphatic heterocycles. The maximum Gasteiger partial charge on any atom is 0.227 e. The number of rotatable bonds is 3. The van der Waals surface area contributed by atoms with Gasteiger partial charge in [-0.15, -0.1) is 0 Å². The molecule has 2 aromatic rings.